The molecule has 1 heterocycles. The van der Waals surface area contributed by atoms with Gasteiger partial charge in [-0.05, 0) is 54.6 Å². The van der Waals surface area contributed by atoms with E-state index in [0.29, 0.717) is 34.5 Å². The molecule has 0 aromatic heterocycles. The molecule has 7 heteroatoms. The van der Waals surface area contributed by atoms with Crippen LogP contribution in [-0.4, -0.2) is 24.3 Å². The van der Waals surface area contributed by atoms with Gasteiger partial charge in [-0.3, -0.25) is 4.79 Å². The van der Waals surface area contributed by atoms with Gasteiger partial charge in [-0.1, -0.05) is 29.8 Å². The fraction of sp³-hybridized carbons (Fsp3) is 0.158. The summed E-state index contributed by atoms with van der Waals surface area (Å²) in [6.45, 7) is 2.74. The Balaban J connectivity index is 1.66. The van der Waals surface area contributed by atoms with Gasteiger partial charge in [0.05, 0.1) is 4.91 Å². The van der Waals surface area contributed by atoms with E-state index in [1.54, 1.807) is 24.3 Å². The smallest absolute Gasteiger partial charge is 0.286 e. The summed E-state index contributed by atoms with van der Waals surface area (Å²) in [5, 5.41) is 0.780. The maximum Gasteiger partial charge on any atom is 0.286 e. The third-order valence-corrected chi connectivity index (χ3v) is 4.64. The molecule has 0 aliphatic carbocycles. The molecule has 0 saturated heterocycles. The predicted molar refractivity (Wildman–Crippen MR) is 106 cm³/mol. The quantitative estimate of drug-likeness (QED) is 0.597. The number of aliphatic imine (C=N–C) groups is 1. The zero-order valence-corrected chi connectivity index (χ0v) is 15.6. The van der Waals surface area contributed by atoms with E-state index >= 15 is 0 Å². The molecular formula is C19H17ClN2O3S. The molecular weight excluding hydrogens is 372 g/mol. The number of nitrogens with two attached hydrogens (primary N) is 1. The second-order valence-corrected chi connectivity index (χ2v) is 7.01. The molecule has 0 atom stereocenters. The minimum Gasteiger partial charge on any atom is -0.490 e. The molecule has 1 aliphatic heterocycles. The van der Waals surface area contributed by atoms with Crippen molar-refractivity contribution in [1.29, 1.82) is 0 Å². The van der Waals surface area contributed by atoms with Crippen LogP contribution < -0.4 is 15.2 Å². The topological polar surface area (TPSA) is 73.9 Å². The fourth-order valence-electron chi connectivity index (χ4n) is 2.35. The van der Waals surface area contributed by atoms with E-state index in [4.69, 9.17) is 26.8 Å². The van der Waals surface area contributed by atoms with Crippen LogP contribution in [0.15, 0.2) is 52.4 Å². The number of nitrogens with zero attached hydrogens (tertiary/aromatic N) is 1. The van der Waals surface area contributed by atoms with Crippen LogP contribution in [0.3, 0.4) is 0 Å². The van der Waals surface area contributed by atoms with Crippen LogP contribution in [0.5, 0.6) is 11.5 Å². The highest BCUT2D eigenvalue weighted by Gasteiger charge is 2.20. The van der Waals surface area contributed by atoms with E-state index in [2.05, 4.69) is 4.99 Å². The van der Waals surface area contributed by atoms with Crippen molar-refractivity contribution in [1.82, 2.24) is 0 Å². The van der Waals surface area contributed by atoms with Crippen LogP contribution >= 0.6 is 23.4 Å². The minimum absolute atomic E-state index is 0.234. The molecule has 0 unspecified atom stereocenters. The first-order valence-electron chi connectivity index (χ1n) is 7.92. The maximum absolute atomic E-state index is 11.8. The van der Waals surface area contributed by atoms with Crippen molar-refractivity contribution in [2.75, 3.05) is 13.2 Å². The SMILES string of the molecule is Cc1ccccc1OCCOc1ccc(Cl)cc1/C=C1\SC(N)=NC1=O. The van der Waals surface area contributed by atoms with Crippen LogP contribution in [0.25, 0.3) is 6.08 Å². The first-order valence-corrected chi connectivity index (χ1v) is 9.11. The Morgan fingerprint density at radius 1 is 1.15 bits per heavy atom. The van der Waals surface area contributed by atoms with E-state index in [-0.39, 0.29) is 11.1 Å². The van der Waals surface area contributed by atoms with Crippen LogP contribution in [0, 0.1) is 6.92 Å². The largest absolute Gasteiger partial charge is 0.490 e. The zero-order valence-electron chi connectivity index (χ0n) is 14.1. The minimum atomic E-state index is -0.360. The highest BCUT2D eigenvalue weighted by Crippen LogP contribution is 2.31. The van der Waals surface area contributed by atoms with Crippen molar-refractivity contribution in [3.63, 3.8) is 0 Å². The number of rotatable bonds is 6. The lowest BCUT2D eigenvalue weighted by Gasteiger charge is -2.12. The van der Waals surface area contributed by atoms with Gasteiger partial charge in [0, 0.05) is 10.6 Å². The summed E-state index contributed by atoms with van der Waals surface area (Å²) in [5.41, 5.74) is 7.34. The van der Waals surface area contributed by atoms with Crippen LogP contribution in [0.1, 0.15) is 11.1 Å². The number of carbonyl (C=O) groups excluding carboxylic acids is 1. The molecule has 0 radical (unpaired) electrons. The number of benzene rings is 2. The van der Waals surface area contributed by atoms with Gasteiger partial charge in [0.15, 0.2) is 5.17 Å². The Labute approximate surface area is 160 Å². The average molecular weight is 389 g/mol. The van der Waals surface area contributed by atoms with Crippen molar-refractivity contribution >= 4 is 40.5 Å². The predicted octanol–water partition coefficient (Wildman–Crippen LogP) is 4.04. The standard InChI is InChI=1S/C19H17ClN2O3S/c1-12-4-2-3-5-15(12)24-8-9-25-16-7-6-14(20)10-13(16)11-17-18(23)22-19(21)26-17/h2-7,10-11H,8-9H2,1H3,(H2,21,22,23)/b17-11-. The van der Waals surface area contributed by atoms with Crippen LogP contribution in [0.2, 0.25) is 5.02 Å². The third kappa shape index (κ3) is 4.59. The monoisotopic (exact) mass is 388 g/mol. The Morgan fingerprint density at radius 3 is 2.58 bits per heavy atom. The van der Waals surface area contributed by atoms with Gasteiger partial charge < -0.3 is 15.2 Å². The Hall–Kier alpha value is -2.44. The Bertz CT molecular complexity index is 896. The van der Waals surface area contributed by atoms with Gasteiger partial charge in [-0.25, -0.2) is 0 Å². The first kappa shape index (κ1) is 18.4. The number of aryl methyl sites for hydroxylation is 1. The second kappa shape index (κ2) is 8.29. The van der Waals surface area contributed by atoms with E-state index in [1.165, 1.54) is 0 Å². The van der Waals surface area contributed by atoms with Crippen LogP contribution in [-0.2, 0) is 4.79 Å². The molecule has 26 heavy (non-hydrogen) atoms. The summed E-state index contributed by atoms with van der Waals surface area (Å²) >= 11 is 7.20. The van der Waals surface area contributed by atoms with Crippen molar-refractivity contribution in [3.8, 4) is 11.5 Å². The van der Waals surface area contributed by atoms with Gasteiger partial charge in [0.25, 0.3) is 5.91 Å². The second-order valence-electron chi connectivity index (χ2n) is 5.51. The summed E-state index contributed by atoms with van der Waals surface area (Å²) in [6, 6.07) is 13.0. The lowest BCUT2D eigenvalue weighted by Crippen LogP contribution is -2.10. The van der Waals surface area contributed by atoms with Crippen molar-refractivity contribution in [2.24, 2.45) is 10.7 Å². The highest BCUT2D eigenvalue weighted by atomic mass is 35.5. The van der Waals surface area contributed by atoms with Gasteiger partial charge in [-0.15, -0.1) is 0 Å². The molecule has 0 bridgehead atoms. The molecule has 0 fully saturated rings. The lowest BCUT2D eigenvalue weighted by molar-refractivity contribution is -0.113. The van der Waals surface area contributed by atoms with Gasteiger partial charge >= 0.3 is 0 Å². The van der Waals surface area contributed by atoms with Gasteiger partial charge in [0.1, 0.15) is 24.7 Å². The third-order valence-electron chi connectivity index (χ3n) is 3.59. The fourth-order valence-corrected chi connectivity index (χ4v) is 3.21. The maximum atomic E-state index is 11.8. The average Bonchev–Trinajstić information content (AvgIpc) is 2.92. The Morgan fingerprint density at radius 2 is 1.88 bits per heavy atom. The summed E-state index contributed by atoms with van der Waals surface area (Å²) in [7, 11) is 0. The molecule has 3 rings (SSSR count). The van der Waals surface area contributed by atoms with Crippen molar-refractivity contribution in [2.45, 2.75) is 6.92 Å². The normalized spacial score (nSPS) is 15.2. The summed E-state index contributed by atoms with van der Waals surface area (Å²) in [5.74, 6) is 1.07. The number of para-hydroxylation sites is 1. The van der Waals surface area contributed by atoms with Crippen molar-refractivity contribution < 1.29 is 14.3 Å². The van der Waals surface area contributed by atoms with Crippen LogP contribution in [0.4, 0.5) is 0 Å². The van der Waals surface area contributed by atoms with E-state index in [0.717, 1.165) is 23.1 Å². The number of halogens is 1. The molecule has 2 aromatic rings. The van der Waals surface area contributed by atoms with Gasteiger partial charge in [-0.2, -0.15) is 4.99 Å². The van der Waals surface area contributed by atoms with E-state index in [1.807, 2.05) is 31.2 Å². The number of hydrogen-bond donors (Lipinski definition) is 1. The summed E-state index contributed by atoms with van der Waals surface area (Å²) < 4.78 is 11.5. The van der Waals surface area contributed by atoms with Crippen molar-refractivity contribution in [3.05, 3.63) is 63.5 Å². The molecule has 0 saturated carbocycles. The van der Waals surface area contributed by atoms with Gasteiger partial charge in [0.2, 0.25) is 0 Å². The molecule has 134 valence electrons. The molecule has 1 amide bonds. The van der Waals surface area contributed by atoms with E-state index < -0.39 is 0 Å². The summed E-state index contributed by atoms with van der Waals surface area (Å²) in [4.78, 5) is 15.9. The lowest BCUT2D eigenvalue weighted by atomic mass is 10.2. The number of ether oxygens (including phenoxy) is 2. The highest BCUT2D eigenvalue weighted by molar-refractivity contribution is 8.18. The number of thioether (sulfide) groups is 1. The molecule has 0 spiro atoms. The number of hydrogen-bond acceptors (Lipinski definition) is 5. The zero-order chi connectivity index (χ0) is 18.5. The van der Waals surface area contributed by atoms with E-state index in [9.17, 15) is 4.79 Å². The first-order chi connectivity index (χ1) is 12.5. The number of amides is 1. The molecule has 2 aromatic carbocycles. The molecule has 1 aliphatic rings. The molecule has 5 nitrogen and oxygen atoms in total. The molecule has 2 N–H and O–H groups in total. The Kier molecular flexibility index (Phi) is 5.85. The number of carbonyl (C=O) groups is 1. The number of amidine groups is 1. The summed E-state index contributed by atoms with van der Waals surface area (Å²) in [6.07, 6.45) is 1.68.